The molecule has 20 heavy (non-hydrogen) atoms. The molecule has 0 aromatic heterocycles. The van der Waals surface area contributed by atoms with Crippen LogP contribution in [0.5, 0.6) is 5.75 Å². The van der Waals surface area contributed by atoms with Crippen LogP contribution >= 0.6 is 0 Å². The van der Waals surface area contributed by atoms with Crippen molar-refractivity contribution in [3.63, 3.8) is 0 Å². The van der Waals surface area contributed by atoms with E-state index in [2.05, 4.69) is 0 Å². The molecule has 0 saturated heterocycles. The molecule has 102 valence electrons. The van der Waals surface area contributed by atoms with Gasteiger partial charge in [0.25, 0.3) is 0 Å². The molecule has 2 rings (SSSR count). The fourth-order valence-corrected chi connectivity index (χ4v) is 1.91. The molecule has 0 aliphatic rings. The lowest BCUT2D eigenvalue weighted by Gasteiger charge is -2.12. The molecule has 0 unspecified atom stereocenters. The minimum absolute atomic E-state index is 0.0602. The van der Waals surface area contributed by atoms with Crippen molar-refractivity contribution >= 4 is 5.69 Å². The van der Waals surface area contributed by atoms with Crippen molar-refractivity contribution in [2.45, 2.75) is 20.5 Å². The molecular formula is C16H15FN2O. The lowest BCUT2D eigenvalue weighted by molar-refractivity contribution is 0.298. The summed E-state index contributed by atoms with van der Waals surface area (Å²) in [7, 11) is 0. The maximum atomic E-state index is 13.6. The molecule has 0 saturated carbocycles. The molecule has 0 heterocycles. The number of ether oxygens (including phenoxy) is 1. The number of nitrogens with two attached hydrogens (primary N) is 1. The van der Waals surface area contributed by atoms with E-state index >= 15 is 0 Å². The highest BCUT2D eigenvalue weighted by Crippen LogP contribution is 2.25. The lowest BCUT2D eigenvalue weighted by atomic mass is 10.1. The van der Waals surface area contributed by atoms with Crippen molar-refractivity contribution in [2.75, 3.05) is 5.73 Å². The minimum atomic E-state index is -0.387. The largest absolute Gasteiger partial charge is 0.488 e. The first-order valence-electron chi connectivity index (χ1n) is 6.19. The van der Waals surface area contributed by atoms with Crippen LogP contribution in [0.15, 0.2) is 30.3 Å². The Kier molecular flexibility index (Phi) is 3.90. The summed E-state index contributed by atoms with van der Waals surface area (Å²) in [6.07, 6.45) is 0. The highest BCUT2D eigenvalue weighted by molar-refractivity contribution is 5.54. The number of aryl methyl sites for hydroxylation is 2. The van der Waals surface area contributed by atoms with Crippen LogP contribution < -0.4 is 10.5 Å². The zero-order valence-corrected chi connectivity index (χ0v) is 11.4. The number of hydrogen-bond donors (Lipinski definition) is 1. The van der Waals surface area contributed by atoms with E-state index in [4.69, 9.17) is 15.7 Å². The van der Waals surface area contributed by atoms with E-state index in [0.29, 0.717) is 22.6 Å². The molecular weight excluding hydrogens is 255 g/mol. The van der Waals surface area contributed by atoms with Gasteiger partial charge in [0.1, 0.15) is 18.2 Å². The summed E-state index contributed by atoms with van der Waals surface area (Å²) in [6.45, 7) is 3.89. The van der Waals surface area contributed by atoms with E-state index in [0.717, 1.165) is 11.1 Å². The molecule has 3 nitrogen and oxygen atoms in total. The number of nitriles is 1. The van der Waals surface area contributed by atoms with Gasteiger partial charge in [-0.2, -0.15) is 5.26 Å². The second kappa shape index (κ2) is 5.62. The Bertz CT molecular complexity index is 690. The number of benzene rings is 2. The molecule has 2 aromatic rings. The Hall–Kier alpha value is -2.54. The Labute approximate surface area is 117 Å². The van der Waals surface area contributed by atoms with Crippen molar-refractivity contribution in [3.8, 4) is 11.8 Å². The summed E-state index contributed by atoms with van der Waals surface area (Å²) in [4.78, 5) is 0. The number of rotatable bonds is 3. The van der Waals surface area contributed by atoms with Gasteiger partial charge in [-0.25, -0.2) is 4.39 Å². The number of hydrogen-bond acceptors (Lipinski definition) is 3. The molecule has 0 aliphatic carbocycles. The number of nitrogen functional groups attached to an aromatic ring is 1. The van der Waals surface area contributed by atoms with E-state index in [1.165, 1.54) is 18.2 Å². The van der Waals surface area contributed by atoms with Crippen molar-refractivity contribution < 1.29 is 9.13 Å². The fraction of sp³-hybridized carbons (Fsp3) is 0.188. The van der Waals surface area contributed by atoms with E-state index in [-0.39, 0.29) is 12.4 Å². The van der Waals surface area contributed by atoms with Crippen LogP contribution in [-0.2, 0) is 6.61 Å². The van der Waals surface area contributed by atoms with Gasteiger partial charge >= 0.3 is 0 Å². The summed E-state index contributed by atoms with van der Waals surface area (Å²) in [5.41, 5.74) is 9.15. The summed E-state index contributed by atoms with van der Waals surface area (Å²) < 4.78 is 19.2. The van der Waals surface area contributed by atoms with E-state index < -0.39 is 0 Å². The van der Waals surface area contributed by atoms with Crippen molar-refractivity contribution in [1.29, 1.82) is 5.26 Å². The molecule has 0 fully saturated rings. The van der Waals surface area contributed by atoms with Crippen LogP contribution in [0.1, 0.15) is 22.3 Å². The second-order valence-corrected chi connectivity index (χ2v) is 4.68. The van der Waals surface area contributed by atoms with Gasteiger partial charge in [-0.15, -0.1) is 0 Å². The Morgan fingerprint density at radius 3 is 2.65 bits per heavy atom. The van der Waals surface area contributed by atoms with Gasteiger partial charge in [0.05, 0.1) is 11.6 Å². The van der Waals surface area contributed by atoms with Crippen LogP contribution in [0.3, 0.4) is 0 Å². The van der Waals surface area contributed by atoms with Crippen LogP contribution in [0.4, 0.5) is 10.1 Å². The van der Waals surface area contributed by atoms with Gasteiger partial charge in [0.15, 0.2) is 0 Å². The van der Waals surface area contributed by atoms with Crippen LogP contribution in [0, 0.1) is 31.0 Å². The highest BCUT2D eigenvalue weighted by atomic mass is 19.1. The van der Waals surface area contributed by atoms with Crippen molar-refractivity contribution in [1.82, 2.24) is 0 Å². The SMILES string of the molecule is Cc1cc(C)c(OCc2cc(C#N)ccc2F)cc1N. The number of nitrogens with zero attached hydrogens (tertiary/aromatic N) is 1. The van der Waals surface area contributed by atoms with Gasteiger partial charge in [-0.1, -0.05) is 6.07 Å². The number of halogens is 1. The third-order valence-electron chi connectivity index (χ3n) is 3.12. The Balaban J connectivity index is 2.21. The average Bonchev–Trinajstić information content (AvgIpc) is 2.43. The predicted molar refractivity (Wildman–Crippen MR) is 75.8 cm³/mol. The fourth-order valence-electron chi connectivity index (χ4n) is 1.91. The normalized spacial score (nSPS) is 10.1. The zero-order valence-electron chi connectivity index (χ0n) is 11.4. The number of anilines is 1. The minimum Gasteiger partial charge on any atom is -0.488 e. The predicted octanol–water partition coefficient (Wildman–Crippen LogP) is 3.48. The smallest absolute Gasteiger partial charge is 0.129 e. The topological polar surface area (TPSA) is 59.0 Å². The molecule has 2 N–H and O–H groups in total. The summed E-state index contributed by atoms with van der Waals surface area (Å²) in [6, 6.07) is 9.83. The maximum Gasteiger partial charge on any atom is 0.129 e. The first-order valence-corrected chi connectivity index (χ1v) is 6.19. The zero-order chi connectivity index (χ0) is 14.7. The molecule has 0 bridgehead atoms. The summed E-state index contributed by atoms with van der Waals surface area (Å²) in [5, 5.41) is 8.82. The van der Waals surface area contributed by atoms with Gasteiger partial charge in [0.2, 0.25) is 0 Å². The van der Waals surface area contributed by atoms with E-state index in [1.807, 2.05) is 26.0 Å². The van der Waals surface area contributed by atoms with Crippen LogP contribution in [-0.4, -0.2) is 0 Å². The third-order valence-corrected chi connectivity index (χ3v) is 3.12. The van der Waals surface area contributed by atoms with E-state index in [9.17, 15) is 4.39 Å². The Morgan fingerprint density at radius 2 is 1.95 bits per heavy atom. The molecule has 4 heteroatoms. The lowest BCUT2D eigenvalue weighted by Crippen LogP contribution is -2.02. The second-order valence-electron chi connectivity index (χ2n) is 4.68. The summed E-state index contributed by atoms with van der Waals surface area (Å²) in [5.74, 6) is 0.233. The Morgan fingerprint density at radius 1 is 1.20 bits per heavy atom. The third kappa shape index (κ3) is 2.89. The van der Waals surface area contributed by atoms with Gasteiger partial charge < -0.3 is 10.5 Å². The van der Waals surface area contributed by atoms with Crippen LogP contribution in [0.2, 0.25) is 0 Å². The molecule has 2 aromatic carbocycles. The molecule has 0 aliphatic heterocycles. The van der Waals surface area contributed by atoms with Gasteiger partial charge in [0, 0.05) is 17.3 Å². The quantitative estimate of drug-likeness (QED) is 0.869. The van der Waals surface area contributed by atoms with Gasteiger partial charge in [-0.3, -0.25) is 0 Å². The van der Waals surface area contributed by atoms with Gasteiger partial charge in [-0.05, 0) is 43.2 Å². The van der Waals surface area contributed by atoms with Crippen molar-refractivity contribution in [2.24, 2.45) is 0 Å². The molecule has 0 radical (unpaired) electrons. The first-order chi connectivity index (χ1) is 9.51. The monoisotopic (exact) mass is 270 g/mol. The maximum absolute atomic E-state index is 13.6. The molecule has 0 amide bonds. The first kappa shape index (κ1) is 13.9. The molecule has 0 spiro atoms. The molecule has 0 atom stereocenters. The summed E-state index contributed by atoms with van der Waals surface area (Å²) >= 11 is 0. The van der Waals surface area contributed by atoms with E-state index in [1.54, 1.807) is 6.07 Å². The average molecular weight is 270 g/mol. The highest BCUT2D eigenvalue weighted by Gasteiger charge is 2.07. The van der Waals surface area contributed by atoms with Crippen molar-refractivity contribution in [3.05, 3.63) is 58.4 Å². The standard InChI is InChI=1S/C16H15FN2O/c1-10-5-11(2)16(7-15(10)19)20-9-13-6-12(8-18)3-4-14(13)17/h3-7H,9,19H2,1-2H3. The van der Waals surface area contributed by atoms with Crippen LogP contribution in [0.25, 0.3) is 0 Å².